The summed E-state index contributed by atoms with van der Waals surface area (Å²) in [4.78, 5) is 32.3. The summed E-state index contributed by atoms with van der Waals surface area (Å²) in [7, 11) is 1.61. The molecule has 1 N–H and O–H groups in total. The third-order valence-corrected chi connectivity index (χ3v) is 7.88. The number of hydrogen-bond acceptors (Lipinski definition) is 6. The average molecular weight is 572 g/mol. The van der Waals surface area contributed by atoms with Crippen molar-refractivity contribution in [3.63, 3.8) is 0 Å². The molecule has 220 valence electrons. The maximum Gasteiger partial charge on any atom is 0.254 e. The lowest BCUT2D eigenvalue weighted by molar-refractivity contribution is 0.0421. The van der Waals surface area contributed by atoms with Crippen LogP contribution in [0.25, 0.3) is 0 Å². The number of nitriles is 1. The first-order chi connectivity index (χ1) is 20.3. The Kier molecular flexibility index (Phi) is 10.3. The molecule has 2 fully saturated rings. The maximum atomic E-state index is 15.3. The van der Waals surface area contributed by atoms with Crippen LogP contribution in [-0.4, -0.2) is 68.1 Å². The fourth-order valence-corrected chi connectivity index (χ4v) is 5.20. The first-order valence-corrected chi connectivity index (χ1v) is 14.4. The van der Waals surface area contributed by atoms with Crippen LogP contribution in [0.5, 0.6) is 0 Å². The van der Waals surface area contributed by atoms with Crippen molar-refractivity contribution in [2.75, 3.05) is 51.3 Å². The van der Waals surface area contributed by atoms with Crippen LogP contribution in [0.3, 0.4) is 0 Å². The summed E-state index contributed by atoms with van der Waals surface area (Å²) >= 11 is 0. The molecule has 0 unspecified atom stereocenters. The Balaban J connectivity index is 0.000000216. The molecular formula is C33H38FN5O3. The molecule has 0 radical (unpaired) electrons. The van der Waals surface area contributed by atoms with Gasteiger partial charge in [-0.2, -0.15) is 5.26 Å². The van der Waals surface area contributed by atoms with E-state index in [-0.39, 0.29) is 24.7 Å². The van der Waals surface area contributed by atoms with Crippen LogP contribution in [0.15, 0.2) is 60.8 Å². The van der Waals surface area contributed by atoms with Crippen molar-refractivity contribution in [3.05, 3.63) is 94.2 Å². The summed E-state index contributed by atoms with van der Waals surface area (Å²) in [6.45, 7) is 8.00. The molecule has 8 nitrogen and oxygen atoms in total. The number of aromatic nitrogens is 1. The highest BCUT2D eigenvalue weighted by Crippen LogP contribution is 2.37. The van der Waals surface area contributed by atoms with Gasteiger partial charge in [0.05, 0.1) is 30.4 Å². The Hall–Kier alpha value is -4.29. The van der Waals surface area contributed by atoms with Crippen LogP contribution in [-0.2, 0) is 16.8 Å². The average Bonchev–Trinajstić information content (AvgIpc) is 3.05. The van der Waals surface area contributed by atoms with Crippen molar-refractivity contribution >= 4 is 17.6 Å². The summed E-state index contributed by atoms with van der Waals surface area (Å²) in [5.41, 5.74) is 3.14. The number of carbonyl (C=O) groups is 2. The van der Waals surface area contributed by atoms with Crippen molar-refractivity contribution in [1.29, 1.82) is 5.26 Å². The number of nitrogens with one attached hydrogen (secondary N) is 1. The topological polar surface area (TPSA) is 98.6 Å². The van der Waals surface area contributed by atoms with Gasteiger partial charge in [0, 0.05) is 57.8 Å². The Morgan fingerprint density at radius 1 is 1.05 bits per heavy atom. The number of hydrogen-bond donors (Lipinski definition) is 1. The van der Waals surface area contributed by atoms with Crippen molar-refractivity contribution in [3.8, 4) is 6.07 Å². The van der Waals surface area contributed by atoms with Crippen molar-refractivity contribution < 1.29 is 18.7 Å². The minimum Gasteiger partial charge on any atom is -0.378 e. The fourth-order valence-electron chi connectivity index (χ4n) is 5.20. The smallest absolute Gasteiger partial charge is 0.254 e. The number of ether oxygens (including phenoxy) is 1. The Morgan fingerprint density at radius 3 is 2.29 bits per heavy atom. The summed E-state index contributed by atoms with van der Waals surface area (Å²) in [5.74, 6) is 0.768. The first kappa shape index (κ1) is 30.7. The van der Waals surface area contributed by atoms with Gasteiger partial charge in [-0.1, -0.05) is 31.2 Å². The number of benzene rings is 2. The van der Waals surface area contributed by atoms with E-state index >= 15 is 4.39 Å². The van der Waals surface area contributed by atoms with E-state index in [9.17, 15) is 9.59 Å². The molecule has 3 aromatic rings. The van der Waals surface area contributed by atoms with Gasteiger partial charge < -0.3 is 19.9 Å². The standard InChI is InChI=1S/C22H23FN2O.C11H15N3O2/c1-3-17-6-9-20(16(2)14-17)21(26)25-12-10-22(23,11-13-25)19-7-4-18(15-24)5-8-19;1-12-11(15)9-2-3-10(13-8-9)14-4-6-16-7-5-14/h4-9,14H,3,10-13H2,1-2H3;2-3,8H,4-7H2,1H3,(H,12,15). The quantitative estimate of drug-likeness (QED) is 0.472. The highest BCUT2D eigenvalue weighted by atomic mass is 19.1. The number of alkyl halides is 1. The molecule has 0 aliphatic carbocycles. The molecular weight excluding hydrogens is 533 g/mol. The van der Waals surface area contributed by atoms with Crippen LogP contribution < -0.4 is 10.2 Å². The minimum absolute atomic E-state index is 0.0213. The Labute approximate surface area is 247 Å². The van der Waals surface area contributed by atoms with E-state index in [1.807, 2.05) is 37.3 Å². The third kappa shape index (κ3) is 7.31. The molecule has 2 aliphatic heterocycles. The number of likely N-dealkylation sites (tertiary alicyclic amines) is 1. The number of nitrogens with zero attached hydrogens (tertiary/aromatic N) is 4. The maximum absolute atomic E-state index is 15.3. The van der Waals surface area contributed by atoms with E-state index in [0.29, 0.717) is 35.3 Å². The van der Waals surface area contributed by atoms with Crippen molar-refractivity contribution in [2.45, 2.75) is 38.8 Å². The summed E-state index contributed by atoms with van der Waals surface area (Å²) < 4.78 is 20.6. The number of anilines is 1. The number of halogens is 1. The highest BCUT2D eigenvalue weighted by Gasteiger charge is 2.37. The number of pyridine rings is 1. The van der Waals surface area contributed by atoms with E-state index in [1.165, 1.54) is 5.56 Å². The Morgan fingerprint density at radius 2 is 1.74 bits per heavy atom. The van der Waals surface area contributed by atoms with Gasteiger partial charge in [-0.25, -0.2) is 9.37 Å². The lowest BCUT2D eigenvalue weighted by Gasteiger charge is -2.37. The van der Waals surface area contributed by atoms with Gasteiger partial charge in [0.1, 0.15) is 11.5 Å². The zero-order valence-electron chi connectivity index (χ0n) is 24.5. The second-order valence-electron chi connectivity index (χ2n) is 10.5. The van der Waals surface area contributed by atoms with Crippen LogP contribution in [0.2, 0.25) is 0 Å². The largest absolute Gasteiger partial charge is 0.378 e. The van der Waals surface area contributed by atoms with Gasteiger partial charge in [0.2, 0.25) is 0 Å². The third-order valence-electron chi connectivity index (χ3n) is 7.88. The number of piperidine rings is 1. The molecule has 9 heteroatoms. The normalized spacial score (nSPS) is 16.1. The number of amides is 2. The van der Waals surface area contributed by atoms with E-state index in [1.54, 1.807) is 48.5 Å². The molecule has 1 aromatic heterocycles. The second-order valence-corrected chi connectivity index (χ2v) is 10.5. The summed E-state index contributed by atoms with van der Waals surface area (Å²) in [6, 6.07) is 18.3. The number of aryl methyl sites for hydroxylation is 2. The van der Waals surface area contributed by atoms with Gasteiger partial charge in [-0.3, -0.25) is 9.59 Å². The van der Waals surface area contributed by atoms with Gasteiger partial charge in [-0.05, 0) is 60.4 Å². The molecule has 0 saturated carbocycles. The molecule has 0 bridgehead atoms. The molecule has 2 aliphatic rings. The van der Waals surface area contributed by atoms with E-state index < -0.39 is 5.67 Å². The van der Waals surface area contributed by atoms with Crippen LogP contribution in [0.4, 0.5) is 10.2 Å². The van der Waals surface area contributed by atoms with Crippen LogP contribution in [0.1, 0.15) is 62.7 Å². The lowest BCUT2D eigenvalue weighted by Crippen LogP contribution is -2.43. The van der Waals surface area contributed by atoms with Crippen LogP contribution >= 0.6 is 0 Å². The highest BCUT2D eigenvalue weighted by molar-refractivity contribution is 5.96. The Bertz CT molecular complexity index is 1410. The van der Waals surface area contributed by atoms with E-state index in [0.717, 1.165) is 44.1 Å². The molecule has 2 aromatic carbocycles. The van der Waals surface area contributed by atoms with Gasteiger partial charge in [-0.15, -0.1) is 0 Å². The monoisotopic (exact) mass is 571 g/mol. The molecule has 42 heavy (non-hydrogen) atoms. The van der Waals surface area contributed by atoms with Crippen molar-refractivity contribution in [2.24, 2.45) is 0 Å². The summed E-state index contributed by atoms with van der Waals surface area (Å²) in [5, 5.41) is 11.4. The zero-order valence-corrected chi connectivity index (χ0v) is 24.5. The predicted molar refractivity (Wildman–Crippen MR) is 160 cm³/mol. The SMILES string of the molecule is CCc1ccc(C(=O)N2CCC(F)(c3ccc(C#N)cc3)CC2)c(C)c1.CNC(=O)c1ccc(N2CCOCC2)nc1. The fraction of sp³-hybridized carbons (Fsp3) is 0.394. The van der Waals surface area contributed by atoms with Gasteiger partial charge in [0.15, 0.2) is 0 Å². The number of carbonyl (C=O) groups excluding carboxylic acids is 2. The zero-order chi connectivity index (χ0) is 30.1. The van der Waals surface area contributed by atoms with E-state index in [4.69, 9.17) is 10.00 Å². The number of rotatable bonds is 5. The molecule has 2 saturated heterocycles. The minimum atomic E-state index is -1.44. The molecule has 0 atom stereocenters. The first-order valence-electron chi connectivity index (χ1n) is 14.4. The summed E-state index contributed by atoms with van der Waals surface area (Å²) in [6.07, 6.45) is 3.09. The molecule has 0 spiro atoms. The molecule has 3 heterocycles. The molecule has 5 rings (SSSR count). The van der Waals surface area contributed by atoms with Gasteiger partial charge >= 0.3 is 0 Å². The van der Waals surface area contributed by atoms with E-state index in [2.05, 4.69) is 22.1 Å². The molecule has 2 amide bonds. The second kappa shape index (κ2) is 14.1. The number of morpholine rings is 1. The lowest BCUT2D eigenvalue weighted by atomic mass is 9.85. The predicted octanol–water partition coefficient (Wildman–Crippen LogP) is 4.81. The van der Waals surface area contributed by atoms with Crippen molar-refractivity contribution in [1.82, 2.24) is 15.2 Å². The van der Waals surface area contributed by atoms with Gasteiger partial charge in [0.25, 0.3) is 11.8 Å². The van der Waals surface area contributed by atoms with Crippen LogP contribution in [0, 0.1) is 18.3 Å².